The van der Waals surface area contributed by atoms with Crippen molar-refractivity contribution in [2.24, 2.45) is 0 Å². The Morgan fingerprint density at radius 2 is 1.71 bits per heavy atom. The Hall–Kier alpha value is -3.45. The van der Waals surface area contributed by atoms with Gasteiger partial charge in [0.2, 0.25) is 5.91 Å². The summed E-state index contributed by atoms with van der Waals surface area (Å²) in [4.78, 5) is 41.5. The summed E-state index contributed by atoms with van der Waals surface area (Å²) < 4.78 is 5.56. The highest BCUT2D eigenvalue weighted by Crippen LogP contribution is 2.32. The Balaban J connectivity index is 1.39. The maximum atomic E-state index is 13.3. The molecule has 31 heavy (non-hydrogen) atoms. The van der Waals surface area contributed by atoms with Crippen molar-refractivity contribution >= 4 is 29.3 Å². The van der Waals surface area contributed by atoms with Crippen LogP contribution in [-0.4, -0.2) is 45.3 Å². The molecule has 3 amide bonds. The number of carbonyl (C=O) groups excluding carboxylic acids is 3. The molecule has 1 aromatic heterocycles. The van der Waals surface area contributed by atoms with Crippen molar-refractivity contribution in [3.05, 3.63) is 75.9 Å². The van der Waals surface area contributed by atoms with Crippen LogP contribution in [0.15, 0.2) is 53.1 Å². The number of benzene rings is 2. The third-order valence-corrected chi connectivity index (χ3v) is 6.08. The second kappa shape index (κ2) is 7.35. The monoisotopic (exact) mass is 435 g/mol. The predicted octanol–water partition coefficient (Wildman–Crippen LogP) is 3.56. The van der Waals surface area contributed by atoms with Crippen LogP contribution >= 0.6 is 11.6 Å². The van der Waals surface area contributed by atoms with E-state index in [0.717, 1.165) is 21.7 Å². The number of carbonyl (C=O) groups is 3. The Morgan fingerprint density at radius 3 is 2.35 bits per heavy atom. The third kappa shape index (κ3) is 3.13. The van der Waals surface area contributed by atoms with Gasteiger partial charge in [-0.25, -0.2) is 0 Å². The minimum atomic E-state index is -0.909. The number of rotatable bonds is 3. The van der Waals surface area contributed by atoms with E-state index in [9.17, 15) is 14.4 Å². The number of hydrogen-bond acceptors (Lipinski definition) is 5. The zero-order chi connectivity index (χ0) is 21.7. The summed E-state index contributed by atoms with van der Waals surface area (Å²) in [5.74, 6) is -0.571. The molecule has 1 unspecified atom stereocenters. The minimum absolute atomic E-state index is 0.289. The first-order valence-corrected chi connectivity index (χ1v) is 10.3. The minimum Gasteiger partial charge on any atom is -0.356 e. The number of aromatic nitrogens is 1. The molecule has 0 N–H and O–H groups in total. The van der Waals surface area contributed by atoms with E-state index in [1.54, 1.807) is 48.2 Å². The van der Waals surface area contributed by atoms with Crippen LogP contribution in [0, 0.1) is 0 Å². The molecule has 2 aliphatic rings. The van der Waals surface area contributed by atoms with Gasteiger partial charge in [0, 0.05) is 29.1 Å². The smallest absolute Gasteiger partial charge is 0.262 e. The van der Waals surface area contributed by atoms with Crippen LogP contribution in [0.2, 0.25) is 5.02 Å². The number of halogens is 1. The molecule has 156 valence electrons. The fourth-order valence-corrected chi connectivity index (χ4v) is 4.29. The number of amides is 3. The van der Waals surface area contributed by atoms with Gasteiger partial charge in [0.25, 0.3) is 11.8 Å². The number of hydrogen-bond donors (Lipinski definition) is 0. The largest absolute Gasteiger partial charge is 0.356 e. The first kappa shape index (κ1) is 19.5. The van der Waals surface area contributed by atoms with Gasteiger partial charge in [-0.05, 0) is 43.3 Å². The molecule has 0 saturated carbocycles. The topological polar surface area (TPSA) is 83.7 Å². The molecule has 2 aliphatic heterocycles. The summed E-state index contributed by atoms with van der Waals surface area (Å²) in [5.41, 5.74) is 3.12. The summed E-state index contributed by atoms with van der Waals surface area (Å²) in [6.45, 7) is 2.32. The fraction of sp³-hybridized carbons (Fsp3) is 0.217. The molecule has 7 nitrogen and oxygen atoms in total. The fourth-order valence-electron chi connectivity index (χ4n) is 4.16. The Bertz CT molecular complexity index is 1180. The van der Waals surface area contributed by atoms with Gasteiger partial charge in [-0.15, -0.1) is 0 Å². The quantitative estimate of drug-likeness (QED) is 0.587. The van der Waals surface area contributed by atoms with E-state index in [4.69, 9.17) is 16.1 Å². The SMILES string of the molecule is CC(C(=O)N1CCc2noc(-c3ccc(Cl)cc3)c2C1)N1C(=O)c2ccccc2C1=O. The van der Waals surface area contributed by atoms with Crippen LogP contribution in [0.1, 0.15) is 38.9 Å². The molecule has 0 bridgehead atoms. The zero-order valence-corrected chi connectivity index (χ0v) is 17.4. The molecule has 0 spiro atoms. The Kier molecular flexibility index (Phi) is 4.63. The average molecular weight is 436 g/mol. The third-order valence-electron chi connectivity index (χ3n) is 5.83. The standard InChI is InChI=1S/C23H18ClN3O4/c1-13(27-22(29)16-4-2-3-5-17(16)23(27)30)21(28)26-11-10-19-18(12-26)20(31-25-19)14-6-8-15(24)9-7-14/h2-9,13H,10-12H2,1H3. The van der Waals surface area contributed by atoms with E-state index in [-0.39, 0.29) is 5.91 Å². The van der Waals surface area contributed by atoms with Crippen molar-refractivity contribution in [2.75, 3.05) is 6.54 Å². The van der Waals surface area contributed by atoms with Gasteiger partial charge in [0.05, 0.1) is 23.4 Å². The van der Waals surface area contributed by atoms with Crippen LogP contribution in [0.3, 0.4) is 0 Å². The zero-order valence-electron chi connectivity index (χ0n) is 16.7. The maximum absolute atomic E-state index is 13.3. The lowest BCUT2D eigenvalue weighted by Gasteiger charge is -2.31. The van der Waals surface area contributed by atoms with Gasteiger partial charge in [-0.2, -0.15) is 0 Å². The first-order chi connectivity index (χ1) is 15.0. The number of nitrogens with zero attached hydrogens (tertiary/aromatic N) is 3. The van der Waals surface area contributed by atoms with Crippen molar-refractivity contribution in [2.45, 2.75) is 25.9 Å². The lowest BCUT2D eigenvalue weighted by Crippen LogP contribution is -2.50. The molecule has 2 aromatic carbocycles. The molecule has 0 saturated heterocycles. The molecular formula is C23H18ClN3O4. The van der Waals surface area contributed by atoms with Crippen LogP contribution in [0.25, 0.3) is 11.3 Å². The average Bonchev–Trinajstić information content (AvgIpc) is 3.32. The highest BCUT2D eigenvalue weighted by Gasteiger charge is 2.42. The summed E-state index contributed by atoms with van der Waals surface area (Å²) >= 11 is 5.98. The summed E-state index contributed by atoms with van der Waals surface area (Å²) in [5, 5.41) is 4.77. The van der Waals surface area contributed by atoms with E-state index in [1.807, 2.05) is 12.1 Å². The molecule has 0 radical (unpaired) electrons. The molecule has 0 fully saturated rings. The van der Waals surface area contributed by atoms with Gasteiger partial charge in [0.15, 0.2) is 5.76 Å². The first-order valence-electron chi connectivity index (χ1n) is 9.94. The van der Waals surface area contributed by atoms with E-state index < -0.39 is 17.9 Å². The highest BCUT2D eigenvalue weighted by atomic mass is 35.5. The van der Waals surface area contributed by atoms with Crippen molar-refractivity contribution in [3.8, 4) is 11.3 Å². The van der Waals surface area contributed by atoms with Gasteiger partial charge in [-0.3, -0.25) is 19.3 Å². The van der Waals surface area contributed by atoms with Gasteiger partial charge in [0.1, 0.15) is 6.04 Å². The molecule has 8 heteroatoms. The van der Waals surface area contributed by atoms with E-state index in [0.29, 0.717) is 41.4 Å². The van der Waals surface area contributed by atoms with E-state index in [1.165, 1.54) is 0 Å². The molecule has 5 rings (SSSR count). The molecule has 1 atom stereocenters. The van der Waals surface area contributed by atoms with Crippen LogP contribution < -0.4 is 0 Å². The summed E-state index contributed by atoms with van der Waals surface area (Å²) in [6, 6.07) is 12.9. The van der Waals surface area contributed by atoms with Gasteiger partial charge in [-0.1, -0.05) is 28.9 Å². The van der Waals surface area contributed by atoms with Crippen LogP contribution in [0.5, 0.6) is 0 Å². The normalized spacial score (nSPS) is 16.3. The number of imide groups is 1. The second-order valence-corrected chi connectivity index (χ2v) is 8.09. The van der Waals surface area contributed by atoms with Crippen LogP contribution in [0.4, 0.5) is 0 Å². The lowest BCUT2D eigenvalue weighted by molar-refractivity contribution is -0.135. The van der Waals surface area contributed by atoms with Crippen molar-refractivity contribution in [1.29, 1.82) is 0 Å². The van der Waals surface area contributed by atoms with Crippen molar-refractivity contribution < 1.29 is 18.9 Å². The maximum Gasteiger partial charge on any atom is 0.262 e. The van der Waals surface area contributed by atoms with Crippen LogP contribution in [-0.2, 0) is 17.8 Å². The Labute approximate surface area is 183 Å². The van der Waals surface area contributed by atoms with E-state index in [2.05, 4.69) is 5.16 Å². The van der Waals surface area contributed by atoms with Gasteiger partial charge >= 0.3 is 0 Å². The van der Waals surface area contributed by atoms with Crippen molar-refractivity contribution in [1.82, 2.24) is 15.0 Å². The molecule has 0 aliphatic carbocycles. The molecule has 3 heterocycles. The summed E-state index contributed by atoms with van der Waals surface area (Å²) in [6.07, 6.45) is 0.535. The molecular weight excluding hydrogens is 418 g/mol. The summed E-state index contributed by atoms with van der Waals surface area (Å²) in [7, 11) is 0. The van der Waals surface area contributed by atoms with Crippen molar-refractivity contribution in [3.63, 3.8) is 0 Å². The second-order valence-electron chi connectivity index (χ2n) is 7.66. The number of fused-ring (bicyclic) bond motifs is 2. The highest BCUT2D eigenvalue weighted by molar-refractivity contribution is 6.30. The van der Waals surface area contributed by atoms with Gasteiger partial charge < -0.3 is 9.42 Å². The predicted molar refractivity (Wildman–Crippen MR) is 112 cm³/mol. The van der Waals surface area contributed by atoms with E-state index >= 15 is 0 Å². The molecule has 3 aromatic rings. The lowest BCUT2D eigenvalue weighted by atomic mass is 10.0. The Morgan fingerprint density at radius 1 is 1.06 bits per heavy atom.